The maximum Gasteiger partial charge on any atom is 0.412 e. The maximum atomic E-state index is 12.7. The van der Waals surface area contributed by atoms with Gasteiger partial charge >= 0.3 is 12.1 Å². The number of esters is 1. The Hall–Kier alpha value is -4.14. The number of carbonyl (C=O) groups is 2. The molecular formula is C30H27ClN2O6. The second-order valence-corrected chi connectivity index (χ2v) is 9.79. The van der Waals surface area contributed by atoms with E-state index in [1.807, 2.05) is 66.7 Å². The molecule has 1 aliphatic rings. The number of aromatic nitrogens is 1. The standard InChI is InChI=1S/C30H27ClN2O6/c1-18-26(32-29(35)38-19(2)24-6-4-5-7-25(24)31)27(39-33-18)22-10-8-20(9-11-22)21-12-14-23(15-13-21)30(16-37-17-30)28(34)36-3/h4-15,19H,16-17H2,1-3H3,(H,32,35)/t19-/m1/s1. The number of nitrogens with one attached hydrogen (secondary N) is 1. The second kappa shape index (κ2) is 10.9. The Morgan fingerprint density at radius 1 is 0.974 bits per heavy atom. The molecule has 0 radical (unpaired) electrons. The van der Waals surface area contributed by atoms with Crippen LogP contribution in [0.5, 0.6) is 0 Å². The van der Waals surface area contributed by atoms with Crippen LogP contribution < -0.4 is 5.32 Å². The minimum Gasteiger partial charge on any atom is -0.468 e. The van der Waals surface area contributed by atoms with Crippen molar-refractivity contribution in [3.8, 4) is 22.5 Å². The van der Waals surface area contributed by atoms with Crippen LogP contribution in [0.2, 0.25) is 5.02 Å². The molecule has 0 saturated carbocycles. The van der Waals surface area contributed by atoms with Crippen LogP contribution in [-0.2, 0) is 24.4 Å². The Labute approximate surface area is 230 Å². The Kier molecular flexibility index (Phi) is 7.41. The average Bonchev–Trinajstić information content (AvgIpc) is 3.28. The number of hydrogen-bond donors (Lipinski definition) is 1. The van der Waals surface area contributed by atoms with Gasteiger partial charge in [-0.05, 0) is 36.6 Å². The highest BCUT2D eigenvalue weighted by Crippen LogP contribution is 2.36. The molecule has 5 rings (SSSR count). The third-order valence-electron chi connectivity index (χ3n) is 6.91. The first-order valence-electron chi connectivity index (χ1n) is 12.4. The van der Waals surface area contributed by atoms with Crippen molar-refractivity contribution in [3.05, 3.63) is 94.6 Å². The van der Waals surface area contributed by atoms with Gasteiger partial charge in [-0.15, -0.1) is 0 Å². The number of amides is 1. The van der Waals surface area contributed by atoms with Crippen LogP contribution in [-0.4, -0.2) is 37.5 Å². The molecule has 39 heavy (non-hydrogen) atoms. The topological polar surface area (TPSA) is 99.9 Å². The Morgan fingerprint density at radius 2 is 1.59 bits per heavy atom. The van der Waals surface area contributed by atoms with Gasteiger partial charge in [-0.25, -0.2) is 4.79 Å². The number of benzene rings is 3. The van der Waals surface area contributed by atoms with E-state index in [9.17, 15) is 9.59 Å². The van der Waals surface area contributed by atoms with Gasteiger partial charge in [0.25, 0.3) is 0 Å². The first-order chi connectivity index (χ1) is 18.8. The SMILES string of the molecule is COC(=O)C1(c2ccc(-c3ccc(-c4onc(C)c4NC(=O)O[C@H](C)c4ccccc4Cl)cc3)cc2)COC1. The monoisotopic (exact) mass is 546 g/mol. The van der Waals surface area contributed by atoms with E-state index in [0.29, 0.717) is 40.9 Å². The minimum absolute atomic E-state index is 0.292. The predicted molar refractivity (Wildman–Crippen MR) is 147 cm³/mol. The second-order valence-electron chi connectivity index (χ2n) is 9.39. The number of hydrogen-bond acceptors (Lipinski definition) is 7. The van der Waals surface area contributed by atoms with Crippen molar-refractivity contribution >= 4 is 29.4 Å². The lowest BCUT2D eigenvalue weighted by atomic mass is 9.78. The molecule has 0 aliphatic carbocycles. The summed E-state index contributed by atoms with van der Waals surface area (Å²) < 4.78 is 21.4. The average molecular weight is 547 g/mol. The van der Waals surface area contributed by atoms with E-state index in [1.54, 1.807) is 19.9 Å². The fourth-order valence-corrected chi connectivity index (χ4v) is 4.86. The zero-order valence-corrected chi connectivity index (χ0v) is 22.5. The molecule has 1 saturated heterocycles. The number of anilines is 1. The summed E-state index contributed by atoms with van der Waals surface area (Å²) in [5.74, 6) is 0.126. The van der Waals surface area contributed by atoms with Gasteiger partial charge in [0, 0.05) is 16.1 Å². The molecule has 1 atom stereocenters. The van der Waals surface area contributed by atoms with Crippen molar-refractivity contribution in [2.45, 2.75) is 25.4 Å². The van der Waals surface area contributed by atoms with Gasteiger partial charge in [-0.1, -0.05) is 83.5 Å². The summed E-state index contributed by atoms with van der Waals surface area (Å²) in [4.78, 5) is 25.0. The fourth-order valence-electron chi connectivity index (χ4n) is 4.57. The van der Waals surface area contributed by atoms with Crippen LogP contribution in [0.3, 0.4) is 0 Å². The van der Waals surface area contributed by atoms with Crippen LogP contribution in [0.15, 0.2) is 77.3 Å². The van der Waals surface area contributed by atoms with Crippen molar-refractivity contribution in [2.75, 3.05) is 25.6 Å². The maximum absolute atomic E-state index is 12.7. The van der Waals surface area contributed by atoms with E-state index in [4.69, 9.17) is 30.3 Å². The van der Waals surface area contributed by atoms with Gasteiger partial charge < -0.3 is 18.7 Å². The molecule has 4 aromatic rings. The van der Waals surface area contributed by atoms with E-state index in [2.05, 4.69) is 10.5 Å². The van der Waals surface area contributed by atoms with Gasteiger partial charge in [0.15, 0.2) is 5.76 Å². The fraction of sp³-hybridized carbons (Fsp3) is 0.233. The molecule has 2 heterocycles. The summed E-state index contributed by atoms with van der Waals surface area (Å²) >= 11 is 6.23. The first kappa shape index (κ1) is 26.5. The van der Waals surface area contributed by atoms with Crippen molar-refractivity contribution in [1.29, 1.82) is 0 Å². The summed E-state index contributed by atoms with van der Waals surface area (Å²) in [6, 6.07) is 22.7. The molecular weight excluding hydrogens is 520 g/mol. The zero-order chi connectivity index (χ0) is 27.6. The van der Waals surface area contributed by atoms with Gasteiger partial charge in [-0.3, -0.25) is 10.1 Å². The normalized spacial score (nSPS) is 14.7. The zero-order valence-electron chi connectivity index (χ0n) is 21.7. The van der Waals surface area contributed by atoms with Crippen LogP contribution in [0.4, 0.5) is 10.5 Å². The predicted octanol–water partition coefficient (Wildman–Crippen LogP) is 6.72. The van der Waals surface area contributed by atoms with Crippen LogP contribution >= 0.6 is 11.6 Å². The van der Waals surface area contributed by atoms with Crippen LogP contribution in [0.1, 0.15) is 29.8 Å². The number of methoxy groups -OCH3 is 1. The molecule has 0 unspecified atom stereocenters. The third kappa shape index (κ3) is 5.13. The van der Waals surface area contributed by atoms with E-state index < -0.39 is 17.6 Å². The summed E-state index contributed by atoms with van der Waals surface area (Å²) in [7, 11) is 1.39. The quantitative estimate of drug-likeness (QED) is 0.257. The number of carbonyl (C=O) groups excluding carboxylic acids is 2. The highest BCUT2D eigenvalue weighted by molar-refractivity contribution is 6.31. The van der Waals surface area contributed by atoms with Gasteiger partial charge in [0.05, 0.1) is 20.3 Å². The molecule has 0 spiro atoms. The lowest BCUT2D eigenvalue weighted by molar-refractivity contribution is -0.166. The lowest BCUT2D eigenvalue weighted by Gasteiger charge is -2.38. The van der Waals surface area contributed by atoms with Gasteiger partial charge in [0.2, 0.25) is 0 Å². The highest BCUT2D eigenvalue weighted by Gasteiger charge is 2.48. The molecule has 9 heteroatoms. The largest absolute Gasteiger partial charge is 0.468 e. The highest BCUT2D eigenvalue weighted by atomic mass is 35.5. The molecule has 1 fully saturated rings. The molecule has 200 valence electrons. The number of halogens is 1. The molecule has 1 N–H and O–H groups in total. The first-order valence-corrected chi connectivity index (χ1v) is 12.8. The van der Waals surface area contributed by atoms with Crippen LogP contribution in [0, 0.1) is 6.92 Å². The Morgan fingerprint density at radius 3 is 2.18 bits per heavy atom. The molecule has 3 aromatic carbocycles. The number of ether oxygens (including phenoxy) is 3. The van der Waals surface area contributed by atoms with Crippen molar-refractivity contribution in [3.63, 3.8) is 0 Å². The molecule has 8 nitrogen and oxygen atoms in total. The molecule has 1 aromatic heterocycles. The molecule has 0 bridgehead atoms. The van der Waals surface area contributed by atoms with Crippen molar-refractivity contribution in [2.24, 2.45) is 0 Å². The van der Waals surface area contributed by atoms with Gasteiger partial charge in [-0.2, -0.15) is 0 Å². The number of aryl methyl sites for hydroxylation is 1. The summed E-state index contributed by atoms with van der Waals surface area (Å²) in [6.07, 6.45) is -1.19. The summed E-state index contributed by atoms with van der Waals surface area (Å²) in [6.45, 7) is 4.12. The smallest absolute Gasteiger partial charge is 0.412 e. The van der Waals surface area contributed by atoms with E-state index in [-0.39, 0.29) is 5.97 Å². The minimum atomic E-state index is -0.739. The Bertz CT molecular complexity index is 1490. The lowest BCUT2D eigenvalue weighted by Crippen LogP contribution is -2.53. The van der Waals surface area contributed by atoms with Gasteiger partial charge in [0.1, 0.15) is 22.9 Å². The van der Waals surface area contributed by atoms with E-state index >= 15 is 0 Å². The molecule has 1 amide bonds. The summed E-state index contributed by atoms with van der Waals surface area (Å²) in [5.41, 5.74) is 4.48. The Balaban J connectivity index is 1.30. The third-order valence-corrected chi connectivity index (χ3v) is 7.25. The number of nitrogens with zero attached hydrogens (tertiary/aromatic N) is 1. The summed E-state index contributed by atoms with van der Waals surface area (Å²) in [5, 5.41) is 7.31. The van der Waals surface area contributed by atoms with E-state index in [1.165, 1.54) is 7.11 Å². The van der Waals surface area contributed by atoms with Crippen molar-refractivity contribution < 1.29 is 28.3 Å². The van der Waals surface area contributed by atoms with E-state index in [0.717, 1.165) is 22.3 Å². The number of rotatable bonds is 7. The molecule has 1 aliphatic heterocycles. The van der Waals surface area contributed by atoms with Crippen molar-refractivity contribution in [1.82, 2.24) is 5.16 Å². The van der Waals surface area contributed by atoms with Crippen LogP contribution in [0.25, 0.3) is 22.5 Å².